The van der Waals surface area contributed by atoms with Crippen molar-refractivity contribution in [2.45, 2.75) is 64.5 Å². The zero-order valence-electron chi connectivity index (χ0n) is 29.4. The van der Waals surface area contributed by atoms with Gasteiger partial charge in [0.05, 0.1) is 19.4 Å². The van der Waals surface area contributed by atoms with Gasteiger partial charge in [-0.3, -0.25) is 4.79 Å². The van der Waals surface area contributed by atoms with Crippen molar-refractivity contribution in [2.75, 3.05) is 26.9 Å². The maximum absolute atomic E-state index is 14.2. The molecule has 6 rings (SSSR count). The van der Waals surface area contributed by atoms with E-state index in [-0.39, 0.29) is 30.5 Å². The number of hydrogen-bond donors (Lipinski definition) is 1. The molecule has 9 heteroatoms. The highest BCUT2D eigenvalue weighted by molar-refractivity contribution is 6.02. The van der Waals surface area contributed by atoms with Crippen molar-refractivity contribution in [3.05, 3.63) is 113 Å². The summed E-state index contributed by atoms with van der Waals surface area (Å²) in [6, 6.07) is 28.7. The Balaban J connectivity index is 1.22. The van der Waals surface area contributed by atoms with Crippen LogP contribution in [0.1, 0.15) is 68.7 Å². The highest BCUT2D eigenvalue weighted by Crippen LogP contribution is 2.44. The van der Waals surface area contributed by atoms with Gasteiger partial charge >= 0.3 is 6.09 Å². The van der Waals surface area contributed by atoms with Crippen LogP contribution in [0.15, 0.2) is 96.1 Å². The van der Waals surface area contributed by atoms with Crippen LogP contribution in [0.5, 0.6) is 17.2 Å². The largest absolute Gasteiger partial charge is 0.493 e. The lowest BCUT2D eigenvalue weighted by molar-refractivity contribution is -0.133. The molecule has 1 aliphatic heterocycles. The number of amides is 2. The third kappa shape index (κ3) is 7.94. The minimum atomic E-state index is -0.919. The number of nitrogens with zero attached hydrogens (tertiary/aromatic N) is 2. The van der Waals surface area contributed by atoms with Gasteiger partial charge in [0.2, 0.25) is 0 Å². The summed E-state index contributed by atoms with van der Waals surface area (Å²) in [5.41, 5.74) is 6.66. The van der Waals surface area contributed by atoms with Gasteiger partial charge in [-0.15, -0.1) is 0 Å². The van der Waals surface area contributed by atoms with Gasteiger partial charge in [-0.25, -0.2) is 9.80 Å². The highest BCUT2D eigenvalue weighted by Gasteiger charge is 2.32. The molecule has 9 nitrogen and oxygen atoms in total. The molecule has 260 valence electrons. The second-order valence-electron chi connectivity index (χ2n) is 13.5. The Hall–Kier alpha value is -5.31. The Morgan fingerprint density at radius 3 is 2.24 bits per heavy atom. The number of carbonyl (C=O) groups excluding carboxylic acids is 2. The molecule has 0 radical (unpaired) electrons. The van der Waals surface area contributed by atoms with Crippen LogP contribution in [0, 0.1) is 0 Å². The van der Waals surface area contributed by atoms with E-state index in [1.54, 1.807) is 7.11 Å². The van der Waals surface area contributed by atoms with Gasteiger partial charge in [-0.1, -0.05) is 60.7 Å². The fourth-order valence-corrected chi connectivity index (χ4v) is 6.57. The molecule has 0 fully saturated rings. The van der Waals surface area contributed by atoms with Crippen molar-refractivity contribution in [3.8, 4) is 28.4 Å². The first-order valence-corrected chi connectivity index (χ1v) is 17.2. The predicted octanol–water partition coefficient (Wildman–Crippen LogP) is 7.75. The van der Waals surface area contributed by atoms with Crippen molar-refractivity contribution in [3.63, 3.8) is 0 Å². The lowest BCUT2D eigenvalue weighted by Gasteiger charge is -2.28. The Labute approximate surface area is 294 Å². The highest BCUT2D eigenvalue weighted by atomic mass is 16.5. The third-order valence-electron chi connectivity index (χ3n) is 8.80. The van der Waals surface area contributed by atoms with E-state index in [0.717, 1.165) is 51.3 Å². The van der Waals surface area contributed by atoms with E-state index in [1.165, 1.54) is 5.01 Å². The van der Waals surface area contributed by atoms with Crippen LogP contribution >= 0.6 is 0 Å². The van der Waals surface area contributed by atoms with E-state index in [2.05, 4.69) is 29.6 Å². The fourth-order valence-electron chi connectivity index (χ4n) is 6.57. The van der Waals surface area contributed by atoms with E-state index < -0.39 is 12.1 Å². The third-order valence-corrected chi connectivity index (χ3v) is 8.80. The minimum Gasteiger partial charge on any atom is -0.493 e. The van der Waals surface area contributed by atoms with E-state index >= 15 is 0 Å². The predicted molar refractivity (Wildman–Crippen MR) is 194 cm³/mol. The Bertz CT molecular complexity index is 1820. The summed E-state index contributed by atoms with van der Waals surface area (Å²) in [7, 11) is 1.60. The average molecular weight is 676 g/mol. The first-order valence-electron chi connectivity index (χ1n) is 17.2. The van der Waals surface area contributed by atoms with Crippen LogP contribution < -0.4 is 19.5 Å². The second-order valence-corrected chi connectivity index (χ2v) is 13.5. The summed E-state index contributed by atoms with van der Waals surface area (Å²) in [6.45, 7) is 8.95. The Kier molecular flexibility index (Phi) is 10.4. The van der Waals surface area contributed by atoms with Gasteiger partial charge in [0.25, 0.3) is 5.91 Å². The lowest BCUT2D eigenvalue weighted by Crippen LogP contribution is -2.49. The quantitative estimate of drug-likeness (QED) is 0.175. The standard InChI is InChI=1S/C41H45N3O6/c1-6-48-38-25-28(19-22-37(38)47-5)35-16-11-23-44(43-35)39(45)36(24-27-17-20-29(21-18-27)50-41(2,3)4)42-40(46)49-26-34-32-14-9-7-12-30(32)31-13-8-10-15-33(31)34/h7-10,12-15,17-22,25,34,36H,6,11,16,23-24,26H2,1-5H3,(H,42,46)/t36-/m0/s1. The fraction of sp³-hybridized carbons (Fsp3) is 0.341. The summed E-state index contributed by atoms with van der Waals surface area (Å²) in [6.07, 6.45) is 1.01. The van der Waals surface area contributed by atoms with Gasteiger partial charge in [0.15, 0.2) is 11.5 Å². The smallest absolute Gasteiger partial charge is 0.407 e. The number of hydrogen-bond acceptors (Lipinski definition) is 7. The van der Waals surface area contributed by atoms with Crippen LogP contribution in [0.25, 0.3) is 11.1 Å². The van der Waals surface area contributed by atoms with Crippen LogP contribution in [-0.4, -0.2) is 61.2 Å². The van der Waals surface area contributed by atoms with E-state index in [1.807, 2.05) is 94.4 Å². The maximum Gasteiger partial charge on any atom is 0.407 e. The van der Waals surface area contributed by atoms with Crippen LogP contribution in [0.2, 0.25) is 0 Å². The normalized spacial score (nSPS) is 14.6. The van der Waals surface area contributed by atoms with Gasteiger partial charge in [0.1, 0.15) is 24.0 Å². The molecule has 4 aromatic rings. The van der Waals surface area contributed by atoms with E-state index in [4.69, 9.17) is 24.0 Å². The van der Waals surface area contributed by atoms with Gasteiger partial charge in [-0.2, -0.15) is 5.10 Å². The molecule has 1 atom stereocenters. The molecule has 1 heterocycles. The molecule has 4 aromatic carbocycles. The van der Waals surface area contributed by atoms with E-state index in [9.17, 15) is 9.59 Å². The maximum atomic E-state index is 14.2. The molecule has 1 aliphatic carbocycles. The van der Waals surface area contributed by atoms with Gasteiger partial charge in [0, 0.05) is 24.4 Å². The summed E-state index contributed by atoms with van der Waals surface area (Å²) in [5, 5.41) is 9.14. The zero-order chi connectivity index (χ0) is 35.3. The first-order chi connectivity index (χ1) is 24.1. The average Bonchev–Trinajstić information content (AvgIpc) is 3.44. The summed E-state index contributed by atoms with van der Waals surface area (Å²) >= 11 is 0. The summed E-state index contributed by atoms with van der Waals surface area (Å²) in [4.78, 5) is 27.7. The molecule has 2 aliphatic rings. The second kappa shape index (κ2) is 15.1. The number of rotatable bonds is 11. The number of hydrazone groups is 1. The molecule has 0 bridgehead atoms. The van der Waals surface area contributed by atoms with Crippen molar-refractivity contribution in [1.29, 1.82) is 0 Å². The monoisotopic (exact) mass is 675 g/mol. The molecular formula is C41H45N3O6. The van der Waals surface area contributed by atoms with Crippen molar-refractivity contribution >= 4 is 17.7 Å². The summed E-state index contributed by atoms with van der Waals surface area (Å²) < 4.78 is 23.1. The first kappa shape index (κ1) is 34.5. The van der Waals surface area contributed by atoms with Crippen molar-refractivity contribution in [2.24, 2.45) is 5.10 Å². The van der Waals surface area contributed by atoms with Crippen molar-refractivity contribution < 1.29 is 28.5 Å². The number of carbonyl (C=O) groups is 2. The lowest BCUT2D eigenvalue weighted by atomic mass is 9.98. The van der Waals surface area contributed by atoms with Crippen LogP contribution in [0.3, 0.4) is 0 Å². The number of benzene rings is 4. The van der Waals surface area contributed by atoms with Gasteiger partial charge < -0.3 is 24.3 Å². The minimum absolute atomic E-state index is 0.0991. The summed E-state index contributed by atoms with van der Waals surface area (Å²) in [5.74, 6) is 1.56. The number of ether oxygens (including phenoxy) is 4. The molecule has 0 saturated carbocycles. The molecule has 0 unspecified atom stereocenters. The Morgan fingerprint density at radius 1 is 0.920 bits per heavy atom. The molecule has 0 spiro atoms. The zero-order valence-corrected chi connectivity index (χ0v) is 29.4. The molecule has 2 amide bonds. The van der Waals surface area contributed by atoms with Crippen LogP contribution in [0.4, 0.5) is 4.79 Å². The number of methoxy groups -OCH3 is 1. The molecule has 50 heavy (non-hydrogen) atoms. The van der Waals surface area contributed by atoms with Gasteiger partial charge in [-0.05, 0) is 98.7 Å². The molecule has 1 N–H and O–H groups in total. The van der Waals surface area contributed by atoms with E-state index in [0.29, 0.717) is 31.1 Å². The topological polar surface area (TPSA) is 98.7 Å². The number of nitrogens with one attached hydrogen (secondary N) is 1. The molecular weight excluding hydrogens is 630 g/mol. The van der Waals surface area contributed by atoms with Crippen LogP contribution in [-0.2, 0) is 16.0 Å². The molecule has 0 aromatic heterocycles. The Morgan fingerprint density at radius 2 is 1.60 bits per heavy atom. The number of fused-ring (bicyclic) bond motifs is 3. The number of alkyl carbamates (subject to hydrolysis) is 1. The molecule has 0 saturated heterocycles. The SMILES string of the molecule is CCOc1cc(C2=NN(C(=O)[C@H](Cc3ccc(OC(C)(C)C)cc3)NC(=O)OCC3c4ccccc4-c4ccccc43)CCC2)ccc1OC. The van der Waals surface area contributed by atoms with Crippen molar-refractivity contribution in [1.82, 2.24) is 10.3 Å².